The number of hydrogen-bond donors (Lipinski definition) is 1. The Bertz CT molecular complexity index is 934. The third-order valence-electron chi connectivity index (χ3n) is 3.90. The first-order valence-electron chi connectivity index (χ1n) is 7.97. The lowest BCUT2D eigenvalue weighted by Crippen LogP contribution is -2.35. The number of carbonyl (C=O) groups is 2. The Morgan fingerprint density at radius 2 is 1.86 bits per heavy atom. The molecule has 3 rings (SSSR count). The maximum atomic E-state index is 12.9. The molecule has 2 aromatic rings. The van der Waals surface area contributed by atoms with Gasteiger partial charge in [0.05, 0.1) is 17.1 Å². The highest BCUT2D eigenvalue weighted by molar-refractivity contribution is 6.31. The second-order valence-electron chi connectivity index (χ2n) is 5.97. The van der Waals surface area contributed by atoms with Gasteiger partial charge in [-0.2, -0.15) is 13.2 Å². The van der Waals surface area contributed by atoms with Crippen LogP contribution in [0.5, 0.6) is 11.5 Å². The van der Waals surface area contributed by atoms with Gasteiger partial charge in [0.15, 0.2) is 11.5 Å². The number of likely N-dealkylation sites (N-methyl/N-ethyl adjacent to an activating group) is 1. The lowest BCUT2D eigenvalue weighted by atomic mass is 10.1. The Kier molecular flexibility index (Phi) is 5.37. The fourth-order valence-corrected chi connectivity index (χ4v) is 2.78. The molecule has 0 saturated heterocycles. The summed E-state index contributed by atoms with van der Waals surface area (Å²) in [7, 11) is 1.40. The SMILES string of the molecule is CN(CC(=O)Nc1ccc(Cl)c(C(F)(F)F)c1)C(=O)c1ccc2c(c1)OCO2. The molecule has 0 aliphatic carbocycles. The summed E-state index contributed by atoms with van der Waals surface area (Å²) in [6, 6.07) is 7.62. The third-order valence-corrected chi connectivity index (χ3v) is 4.23. The summed E-state index contributed by atoms with van der Waals surface area (Å²) in [5.41, 5.74) is -0.854. The van der Waals surface area contributed by atoms with Gasteiger partial charge < -0.3 is 19.7 Å². The van der Waals surface area contributed by atoms with Gasteiger partial charge in [0.2, 0.25) is 12.7 Å². The van der Waals surface area contributed by atoms with Gasteiger partial charge in [-0.25, -0.2) is 0 Å². The molecule has 6 nitrogen and oxygen atoms in total. The molecule has 1 aliphatic rings. The summed E-state index contributed by atoms with van der Waals surface area (Å²) in [6.07, 6.45) is -4.65. The van der Waals surface area contributed by atoms with Crippen LogP contribution < -0.4 is 14.8 Å². The predicted octanol–water partition coefficient (Wildman–Crippen LogP) is 3.80. The van der Waals surface area contributed by atoms with Crippen LogP contribution in [0.1, 0.15) is 15.9 Å². The molecule has 148 valence electrons. The molecule has 0 radical (unpaired) electrons. The maximum absolute atomic E-state index is 12.9. The molecule has 2 aromatic carbocycles. The number of anilines is 1. The third kappa shape index (κ3) is 4.30. The highest BCUT2D eigenvalue weighted by atomic mass is 35.5. The van der Waals surface area contributed by atoms with E-state index >= 15 is 0 Å². The van der Waals surface area contributed by atoms with E-state index < -0.39 is 28.6 Å². The zero-order chi connectivity index (χ0) is 20.5. The van der Waals surface area contributed by atoms with E-state index in [1.54, 1.807) is 6.07 Å². The Hall–Kier alpha value is -2.94. The minimum atomic E-state index is -4.65. The molecule has 0 aromatic heterocycles. The number of alkyl halides is 3. The van der Waals surface area contributed by atoms with Gasteiger partial charge in [0, 0.05) is 18.3 Å². The molecule has 0 unspecified atom stereocenters. The second-order valence-corrected chi connectivity index (χ2v) is 6.38. The van der Waals surface area contributed by atoms with Crippen molar-refractivity contribution in [3.8, 4) is 11.5 Å². The summed E-state index contributed by atoms with van der Waals surface area (Å²) in [4.78, 5) is 25.7. The van der Waals surface area contributed by atoms with Gasteiger partial charge in [-0.1, -0.05) is 11.6 Å². The average molecular weight is 415 g/mol. The van der Waals surface area contributed by atoms with E-state index in [1.807, 2.05) is 0 Å². The van der Waals surface area contributed by atoms with E-state index in [4.69, 9.17) is 21.1 Å². The molecule has 0 bridgehead atoms. The molecule has 2 amide bonds. The first-order valence-corrected chi connectivity index (χ1v) is 8.34. The van der Waals surface area contributed by atoms with E-state index in [1.165, 1.54) is 25.2 Å². The van der Waals surface area contributed by atoms with E-state index in [9.17, 15) is 22.8 Å². The number of rotatable bonds is 4. The Morgan fingerprint density at radius 1 is 1.14 bits per heavy atom. The molecule has 0 fully saturated rings. The van der Waals surface area contributed by atoms with Gasteiger partial charge in [-0.05, 0) is 36.4 Å². The van der Waals surface area contributed by atoms with Crippen molar-refractivity contribution in [2.75, 3.05) is 25.7 Å². The molecular weight excluding hydrogens is 401 g/mol. The quantitative estimate of drug-likeness (QED) is 0.826. The highest BCUT2D eigenvalue weighted by Gasteiger charge is 2.33. The lowest BCUT2D eigenvalue weighted by Gasteiger charge is -2.17. The van der Waals surface area contributed by atoms with Crippen LogP contribution in [0.3, 0.4) is 0 Å². The number of carbonyl (C=O) groups excluding carboxylic acids is 2. The molecule has 10 heteroatoms. The van der Waals surface area contributed by atoms with Crippen LogP contribution in [0.2, 0.25) is 5.02 Å². The second kappa shape index (κ2) is 7.59. The molecule has 0 saturated carbocycles. The Morgan fingerprint density at radius 3 is 2.57 bits per heavy atom. The fourth-order valence-electron chi connectivity index (χ4n) is 2.56. The van der Waals surface area contributed by atoms with Crippen molar-refractivity contribution in [2.45, 2.75) is 6.18 Å². The highest BCUT2D eigenvalue weighted by Crippen LogP contribution is 2.36. The Balaban J connectivity index is 1.65. The summed E-state index contributed by atoms with van der Waals surface area (Å²) >= 11 is 5.55. The van der Waals surface area contributed by atoms with Crippen molar-refractivity contribution >= 4 is 29.1 Å². The first-order chi connectivity index (χ1) is 13.1. The van der Waals surface area contributed by atoms with E-state index in [-0.39, 0.29) is 24.6 Å². The smallest absolute Gasteiger partial charge is 0.417 e. The van der Waals surface area contributed by atoms with Crippen molar-refractivity contribution in [2.24, 2.45) is 0 Å². The molecule has 0 atom stereocenters. The zero-order valence-corrected chi connectivity index (χ0v) is 15.2. The van der Waals surface area contributed by atoms with Crippen molar-refractivity contribution in [3.05, 3.63) is 52.5 Å². The van der Waals surface area contributed by atoms with Gasteiger partial charge in [0.1, 0.15) is 0 Å². The fraction of sp³-hybridized carbons (Fsp3) is 0.222. The summed E-state index contributed by atoms with van der Waals surface area (Å²) in [5, 5.41) is 1.85. The van der Waals surface area contributed by atoms with Crippen LogP contribution in [0.4, 0.5) is 18.9 Å². The van der Waals surface area contributed by atoms with Crippen LogP contribution in [0.25, 0.3) is 0 Å². The standard InChI is InChI=1S/C18H14ClF3N2O4/c1-24(17(26)10-2-5-14-15(6-10)28-9-27-14)8-16(25)23-11-3-4-13(19)12(7-11)18(20,21)22/h2-7H,8-9H2,1H3,(H,23,25). The van der Waals surface area contributed by atoms with Crippen LogP contribution >= 0.6 is 11.6 Å². The monoisotopic (exact) mass is 414 g/mol. The van der Waals surface area contributed by atoms with Gasteiger partial charge in [-0.15, -0.1) is 0 Å². The minimum absolute atomic E-state index is 0.0617. The normalized spacial score (nSPS) is 12.6. The van der Waals surface area contributed by atoms with E-state index in [0.29, 0.717) is 11.5 Å². The number of nitrogens with one attached hydrogen (secondary N) is 1. The number of nitrogens with zero attached hydrogens (tertiary/aromatic N) is 1. The molecule has 28 heavy (non-hydrogen) atoms. The summed E-state index contributed by atoms with van der Waals surface area (Å²) in [6.45, 7) is -0.302. The van der Waals surface area contributed by atoms with Crippen LogP contribution in [-0.2, 0) is 11.0 Å². The number of halogens is 4. The van der Waals surface area contributed by atoms with Crippen molar-refractivity contribution in [3.63, 3.8) is 0 Å². The van der Waals surface area contributed by atoms with Gasteiger partial charge in [-0.3, -0.25) is 9.59 Å². The van der Waals surface area contributed by atoms with Crippen molar-refractivity contribution in [1.29, 1.82) is 0 Å². The van der Waals surface area contributed by atoms with E-state index in [0.717, 1.165) is 17.0 Å². The van der Waals surface area contributed by atoms with Crippen LogP contribution in [0, 0.1) is 0 Å². The number of fused-ring (bicyclic) bond motifs is 1. The van der Waals surface area contributed by atoms with Crippen LogP contribution in [-0.4, -0.2) is 37.1 Å². The number of ether oxygens (including phenoxy) is 2. The lowest BCUT2D eigenvalue weighted by molar-refractivity contribution is -0.137. The largest absolute Gasteiger partial charge is 0.454 e. The number of benzene rings is 2. The van der Waals surface area contributed by atoms with Gasteiger partial charge in [0.25, 0.3) is 5.91 Å². The molecule has 1 heterocycles. The number of hydrogen-bond acceptors (Lipinski definition) is 4. The maximum Gasteiger partial charge on any atom is 0.417 e. The Labute approximate surface area is 162 Å². The van der Waals surface area contributed by atoms with Gasteiger partial charge >= 0.3 is 6.18 Å². The van der Waals surface area contributed by atoms with Crippen molar-refractivity contribution < 1.29 is 32.2 Å². The minimum Gasteiger partial charge on any atom is -0.454 e. The predicted molar refractivity (Wildman–Crippen MR) is 94.6 cm³/mol. The molecule has 1 aliphatic heterocycles. The summed E-state index contributed by atoms with van der Waals surface area (Å²) < 4.78 is 49.1. The number of amides is 2. The average Bonchev–Trinajstić information content (AvgIpc) is 3.09. The summed E-state index contributed by atoms with van der Waals surface area (Å²) in [5.74, 6) is -0.183. The van der Waals surface area contributed by atoms with Crippen molar-refractivity contribution in [1.82, 2.24) is 4.90 Å². The zero-order valence-electron chi connectivity index (χ0n) is 14.5. The molecule has 0 spiro atoms. The topological polar surface area (TPSA) is 67.9 Å². The molecular formula is C18H14ClF3N2O4. The van der Waals surface area contributed by atoms with E-state index in [2.05, 4.69) is 5.32 Å². The van der Waals surface area contributed by atoms with Crippen LogP contribution in [0.15, 0.2) is 36.4 Å². The first kappa shape index (κ1) is 19.8. The molecule has 1 N–H and O–H groups in total.